The van der Waals surface area contributed by atoms with Gasteiger partial charge in [-0.3, -0.25) is 0 Å². The van der Waals surface area contributed by atoms with Crippen LogP contribution in [0.3, 0.4) is 0 Å². The number of rotatable bonds is 7. The largest absolute Gasteiger partial charge is 0.0991 e. The molecule has 0 aromatic rings. The van der Waals surface area contributed by atoms with Gasteiger partial charge in [-0.2, -0.15) is 0 Å². The van der Waals surface area contributed by atoms with E-state index in [2.05, 4.69) is 40.0 Å². The molecule has 0 heteroatoms. The molecule has 0 radical (unpaired) electrons. The lowest BCUT2D eigenvalue weighted by molar-refractivity contribution is 0.517. The molecule has 0 rings (SSSR count). The lowest BCUT2D eigenvalue weighted by Gasteiger charge is -2.10. The summed E-state index contributed by atoms with van der Waals surface area (Å²) in [6.07, 6.45) is 11.5. The molecule has 114 valence electrons. The molecule has 0 fully saturated rings. The summed E-state index contributed by atoms with van der Waals surface area (Å²) in [5.74, 6) is 0.801. The van der Waals surface area contributed by atoms with Crippen LogP contribution in [0, 0.1) is 5.92 Å². The lowest BCUT2D eigenvalue weighted by Crippen LogP contribution is -1.94. The molecule has 0 unspecified atom stereocenters. The summed E-state index contributed by atoms with van der Waals surface area (Å²) in [7, 11) is 0. The van der Waals surface area contributed by atoms with Crippen molar-refractivity contribution in [3.05, 3.63) is 48.6 Å². The van der Waals surface area contributed by atoms with Crippen LogP contribution in [-0.2, 0) is 0 Å². The Morgan fingerprint density at radius 2 is 1.68 bits per heavy atom. The molecular weight excluding hydrogens is 228 g/mol. The highest BCUT2D eigenvalue weighted by Crippen LogP contribution is 2.19. The van der Waals surface area contributed by atoms with Crippen LogP contribution in [-0.4, -0.2) is 0 Å². The third kappa shape index (κ3) is 14.9. The van der Waals surface area contributed by atoms with Crippen molar-refractivity contribution < 1.29 is 0 Å². The highest BCUT2D eigenvalue weighted by Gasteiger charge is 2.01. The van der Waals surface area contributed by atoms with Gasteiger partial charge in [-0.25, -0.2) is 0 Å². The van der Waals surface area contributed by atoms with E-state index in [1.807, 2.05) is 32.1 Å². The first kappa shape index (κ1) is 26.5. The standard InChI is InChI=1S/C15H24.C2H6.2CH4/c1-6-9-10-15(14(5)8-3)12-11-13(4)7-2;1-2;;/h6,8-10,13H,1,3,7,11-12H2,2,4-5H3;1-2H3;2*1H4/b10-9-,15-14+;;;/t13-;;;/m0.../s1. The van der Waals surface area contributed by atoms with Gasteiger partial charge in [-0.05, 0) is 36.8 Å². The van der Waals surface area contributed by atoms with Crippen molar-refractivity contribution in [2.45, 2.75) is 68.7 Å². The maximum absolute atomic E-state index is 3.82. The number of hydrogen-bond donors (Lipinski definition) is 0. The second-order valence-electron chi connectivity index (χ2n) is 4.06. The molecule has 0 amide bonds. The van der Waals surface area contributed by atoms with Gasteiger partial charge in [0.05, 0.1) is 0 Å². The quantitative estimate of drug-likeness (QED) is 0.422. The summed E-state index contributed by atoms with van der Waals surface area (Å²) >= 11 is 0. The minimum absolute atomic E-state index is 0. The highest BCUT2D eigenvalue weighted by atomic mass is 14.1. The maximum atomic E-state index is 3.82. The average molecular weight is 267 g/mol. The van der Waals surface area contributed by atoms with Crippen molar-refractivity contribution in [3.63, 3.8) is 0 Å². The Hall–Kier alpha value is -1.04. The zero-order valence-corrected chi connectivity index (χ0v) is 12.4. The first-order valence-electron chi connectivity index (χ1n) is 6.77. The van der Waals surface area contributed by atoms with Crippen LogP contribution in [0.5, 0.6) is 0 Å². The van der Waals surface area contributed by atoms with Gasteiger partial charge < -0.3 is 0 Å². The first-order valence-corrected chi connectivity index (χ1v) is 6.77. The van der Waals surface area contributed by atoms with Crippen molar-refractivity contribution >= 4 is 0 Å². The van der Waals surface area contributed by atoms with E-state index in [4.69, 9.17) is 0 Å². The fourth-order valence-electron chi connectivity index (χ4n) is 1.33. The van der Waals surface area contributed by atoms with Crippen molar-refractivity contribution in [2.75, 3.05) is 0 Å². The summed E-state index contributed by atoms with van der Waals surface area (Å²) in [4.78, 5) is 0. The Kier molecular flexibility index (Phi) is 26.9. The van der Waals surface area contributed by atoms with Crippen molar-refractivity contribution in [1.82, 2.24) is 0 Å². The van der Waals surface area contributed by atoms with Crippen LogP contribution in [0.25, 0.3) is 0 Å². The molecule has 1 atom stereocenters. The molecule has 0 aliphatic heterocycles. The van der Waals surface area contributed by atoms with E-state index in [-0.39, 0.29) is 14.9 Å². The molecule has 0 bridgehead atoms. The molecule has 19 heavy (non-hydrogen) atoms. The minimum Gasteiger partial charge on any atom is -0.0991 e. The van der Waals surface area contributed by atoms with E-state index in [0.29, 0.717) is 0 Å². The van der Waals surface area contributed by atoms with E-state index >= 15 is 0 Å². The molecule has 0 aliphatic rings. The Balaban J connectivity index is -0.000000267. The van der Waals surface area contributed by atoms with Crippen LogP contribution in [0.1, 0.15) is 68.7 Å². The van der Waals surface area contributed by atoms with Gasteiger partial charge in [-0.15, -0.1) is 0 Å². The minimum atomic E-state index is 0. The van der Waals surface area contributed by atoms with Crippen LogP contribution < -0.4 is 0 Å². The maximum Gasteiger partial charge on any atom is -0.0274 e. The number of allylic oxidation sites excluding steroid dienone is 6. The number of hydrogen-bond acceptors (Lipinski definition) is 0. The van der Waals surface area contributed by atoms with Gasteiger partial charge in [0.1, 0.15) is 0 Å². The second-order valence-corrected chi connectivity index (χ2v) is 4.06. The summed E-state index contributed by atoms with van der Waals surface area (Å²) in [6, 6.07) is 0. The van der Waals surface area contributed by atoms with Gasteiger partial charge in [-0.1, -0.05) is 86.4 Å². The van der Waals surface area contributed by atoms with Gasteiger partial charge in [0.25, 0.3) is 0 Å². The van der Waals surface area contributed by atoms with E-state index in [1.54, 1.807) is 0 Å². The van der Waals surface area contributed by atoms with Crippen molar-refractivity contribution in [2.24, 2.45) is 5.92 Å². The molecule has 0 N–H and O–H groups in total. The molecule has 0 saturated heterocycles. The Morgan fingerprint density at radius 1 is 1.16 bits per heavy atom. The molecule has 0 aromatic carbocycles. The van der Waals surface area contributed by atoms with E-state index in [0.717, 1.165) is 12.3 Å². The zero-order chi connectivity index (χ0) is 13.7. The van der Waals surface area contributed by atoms with Crippen LogP contribution >= 0.6 is 0 Å². The third-order valence-corrected chi connectivity index (χ3v) is 2.85. The monoisotopic (exact) mass is 266 g/mol. The van der Waals surface area contributed by atoms with Crippen LogP contribution in [0.2, 0.25) is 0 Å². The van der Waals surface area contributed by atoms with Gasteiger partial charge in [0.15, 0.2) is 0 Å². The zero-order valence-electron chi connectivity index (χ0n) is 12.4. The molecule has 0 heterocycles. The molecular formula is C19H38. The van der Waals surface area contributed by atoms with Crippen molar-refractivity contribution in [1.29, 1.82) is 0 Å². The second kappa shape index (κ2) is 19.3. The first-order chi connectivity index (χ1) is 8.15. The Morgan fingerprint density at radius 3 is 2.05 bits per heavy atom. The summed E-state index contributed by atoms with van der Waals surface area (Å²) < 4.78 is 0. The van der Waals surface area contributed by atoms with Crippen molar-refractivity contribution in [3.8, 4) is 0 Å². The summed E-state index contributed by atoms with van der Waals surface area (Å²) in [5, 5.41) is 0. The third-order valence-electron chi connectivity index (χ3n) is 2.85. The molecule has 0 saturated carbocycles. The smallest absolute Gasteiger partial charge is 0.0274 e. The lowest BCUT2D eigenvalue weighted by atomic mass is 9.96. The van der Waals surface area contributed by atoms with Gasteiger partial charge >= 0.3 is 0 Å². The molecule has 0 nitrogen and oxygen atoms in total. The van der Waals surface area contributed by atoms with E-state index in [9.17, 15) is 0 Å². The van der Waals surface area contributed by atoms with Crippen LogP contribution in [0.4, 0.5) is 0 Å². The highest BCUT2D eigenvalue weighted by molar-refractivity contribution is 5.32. The fraction of sp³-hybridized carbons (Fsp3) is 0.579. The Bertz CT molecular complexity index is 253. The fourth-order valence-corrected chi connectivity index (χ4v) is 1.33. The van der Waals surface area contributed by atoms with E-state index < -0.39 is 0 Å². The summed E-state index contributed by atoms with van der Waals surface area (Å²) in [6.45, 7) is 18.2. The van der Waals surface area contributed by atoms with Gasteiger partial charge in [0, 0.05) is 0 Å². The molecule has 0 spiro atoms. The normalized spacial score (nSPS) is 12.1. The van der Waals surface area contributed by atoms with E-state index in [1.165, 1.54) is 24.0 Å². The van der Waals surface area contributed by atoms with Crippen LogP contribution in [0.15, 0.2) is 48.6 Å². The predicted molar refractivity (Wildman–Crippen MR) is 95.7 cm³/mol. The topological polar surface area (TPSA) is 0 Å². The predicted octanol–water partition coefficient (Wildman–Crippen LogP) is 7.36. The Labute approximate surface area is 124 Å². The SMILES string of the molecule is C.C.C=C/C=C\C(CC[C@@H](C)CC)=C(\C)C=C.CC. The van der Waals surface area contributed by atoms with Gasteiger partial charge in [0.2, 0.25) is 0 Å². The average Bonchev–Trinajstić information content (AvgIpc) is 2.39. The molecule has 0 aromatic heterocycles. The molecule has 0 aliphatic carbocycles. The summed E-state index contributed by atoms with van der Waals surface area (Å²) in [5.41, 5.74) is 2.65.